The first kappa shape index (κ1) is 19.7. The van der Waals surface area contributed by atoms with Crippen molar-refractivity contribution in [2.24, 2.45) is 0 Å². The van der Waals surface area contributed by atoms with Crippen LogP contribution in [0.2, 0.25) is 0 Å². The molecule has 0 spiro atoms. The monoisotopic (exact) mass is 395 g/mol. The number of carbonyl (C=O) groups is 1. The van der Waals surface area contributed by atoms with Gasteiger partial charge in [0.15, 0.2) is 0 Å². The summed E-state index contributed by atoms with van der Waals surface area (Å²) in [5.41, 5.74) is 5.23. The molecule has 0 aliphatic carbocycles. The van der Waals surface area contributed by atoms with Crippen LogP contribution in [-0.4, -0.2) is 22.9 Å². The highest BCUT2D eigenvalue weighted by molar-refractivity contribution is 7.14. The summed E-state index contributed by atoms with van der Waals surface area (Å²) >= 11 is 1.35. The highest BCUT2D eigenvalue weighted by Crippen LogP contribution is 2.31. The number of thiazole rings is 1. The SMILES string of the molecule is CNC(=O)c1sc(Cc2cc(C)c([N+](=O)[O-])cc2C)nc1-c1ccc(C)cc1. The van der Waals surface area contributed by atoms with Crippen molar-refractivity contribution in [3.05, 3.63) is 78.7 Å². The zero-order valence-corrected chi connectivity index (χ0v) is 17.0. The maximum absolute atomic E-state index is 12.4. The third kappa shape index (κ3) is 3.94. The van der Waals surface area contributed by atoms with Gasteiger partial charge in [-0.05, 0) is 38.0 Å². The van der Waals surface area contributed by atoms with Crippen LogP contribution < -0.4 is 5.32 Å². The summed E-state index contributed by atoms with van der Waals surface area (Å²) in [6.07, 6.45) is 0.519. The molecule has 0 bridgehead atoms. The third-order valence-corrected chi connectivity index (χ3v) is 5.68. The van der Waals surface area contributed by atoms with Crippen LogP contribution in [0, 0.1) is 30.9 Å². The summed E-state index contributed by atoms with van der Waals surface area (Å²) in [6, 6.07) is 11.3. The number of hydrogen-bond acceptors (Lipinski definition) is 5. The lowest BCUT2D eigenvalue weighted by molar-refractivity contribution is -0.385. The minimum atomic E-state index is -0.366. The topological polar surface area (TPSA) is 85.1 Å². The Bertz CT molecular complexity index is 1060. The Morgan fingerprint density at radius 2 is 1.82 bits per heavy atom. The van der Waals surface area contributed by atoms with Crippen LogP contribution in [0.3, 0.4) is 0 Å². The summed E-state index contributed by atoms with van der Waals surface area (Å²) in [5.74, 6) is -0.170. The molecule has 0 saturated heterocycles. The minimum absolute atomic E-state index is 0.117. The molecule has 1 amide bonds. The van der Waals surface area contributed by atoms with Crippen LogP contribution in [-0.2, 0) is 6.42 Å². The van der Waals surface area contributed by atoms with Gasteiger partial charge in [-0.15, -0.1) is 11.3 Å². The number of aryl methyl sites for hydroxylation is 3. The highest BCUT2D eigenvalue weighted by Gasteiger charge is 2.20. The number of aromatic nitrogens is 1. The van der Waals surface area contributed by atoms with E-state index in [2.05, 4.69) is 5.32 Å². The molecule has 1 N–H and O–H groups in total. The largest absolute Gasteiger partial charge is 0.354 e. The van der Waals surface area contributed by atoms with Crippen molar-refractivity contribution in [2.75, 3.05) is 7.05 Å². The van der Waals surface area contributed by atoms with Crippen molar-refractivity contribution < 1.29 is 9.72 Å². The van der Waals surface area contributed by atoms with Crippen LogP contribution in [0.25, 0.3) is 11.3 Å². The third-order valence-electron chi connectivity index (χ3n) is 4.62. The molecule has 144 valence electrons. The molecule has 7 heteroatoms. The Balaban J connectivity index is 2.02. The lowest BCUT2D eigenvalue weighted by Gasteiger charge is -2.06. The molecule has 0 aliphatic heterocycles. The second-order valence-corrected chi connectivity index (χ2v) is 7.81. The zero-order valence-electron chi connectivity index (χ0n) is 16.2. The minimum Gasteiger partial charge on any atom is -0.354 e. The van der Waals surface area contributed by atoms with E-state index in [0.717, 1.165) is 27.3 Å². The highest BCUT2D eigenvalue weighted by atomic mass is 32.1. The van der Waals surface area contributed by atoms with E-state index in [-0.39, 0.29) is 16.5 Å². The number of nitro groups is 1. The first-order chi connectivity index (χ1) is 13.3. The first-order valence-corrected chi connectivity index (χ1v) is 9.65. The fourth-order valence-electron chi connectivity index (χ4n) is 3.03. The van der Waals surface area contributed by atoms with E-state index in [1.807, 2.05) is 44.2 Å². The van der Waals surface area contributed by atoms with E-state index in [1.165, 1.54) is 11.3 Å². The average Bonchev–Trinajstić information content (AvgIpc) is 3.08. The van der Waals surface area contributed by atoms with Crippen LogP contribution >= 0.6 is 11.3 Å². The molecule has 2 aromatic carbocycles. The van der Waals surface area contributed by atoms with E-state index in [4.69, 9.17) is 4.98 Å². The number of amides is 1. The molecule has 1 heterocycles. The van der Waals surface area contributed by atoms with Gasteiger partial charge < -0.3 is 5.32 Å². The Hall–Kier alpha value is -3.06. The first-order valence-electron chi connectivity index (χ1n) is 8.83. The Morgan fingerprint density at radius 1 is 1.14 bits per heavy atom. The summed E-state index contributed by atoms with van der Waals surface area (Å²) in [7, 11) is 1.60. The predicted molar refractivity (Wildman–Crippen MR) is 111 cm³/mol. The Kier molecular flexibility index (Phi) is 5.56. The quantitative estimate of drug-likeness (QED) is 0.506. The molecule has 1 aromatic heterocycles. The second-order valence-electron chi connectivity index (χ2n) is 6.73. The maximum Gasteiger partial charge on any atom is 0.272 e. The molecule has 0 radical (unpaired) electrons. The van der Waals surface area contributed by atoms with Gasteiger partial charge in [0, 0.05) is 30.7 Å². The lowest BCUT2D eigenvalue weighted by atomic mass is 10.0. The summed E-state index contributed by atoms with van der Waals surface area (Å²) in [6.45, 7) is 5.60. The van der Waals surface area contributed by atoms with E-state index in [0.29, 0.717) is 22.6 Å². The van der Waals surface area contributed by atoms with Crippen molar-refractivity contribution in [3.8, 4) is 11.3 Å². The summed E-state index contributed by atoms with van der Waals surface area (Å²) in [5, 5.41) is 14.6. The zero-order chi connectivity index (χ0) is 20.4. The molecular weight excluding hydrogens is 374 g/mol. The second kappa shape index (κ2) is 7.90. The number of carbonyl (C=O) groups excluding carboxylic acids is 1. The number of nitrogens with zero attached hydrogens (tertiary/aromatic N) is 2. The number of nitro benzene ring substituents is 1. The van der Waals surface area contributed by atoms with Crippen LogP contribution in [0.4, 0.5) is 5.69 Å². The fraction of sp³-hybridized carbons (Fsp3) is 0.238. The summed E-state index contributed by atoms with van der Waals surface area (Å²) in [4.78, 5) is 28.4. The van der Waals surface area contributed by atoms with Gasteiger partial charge in [-0.25, -0.2) is 4.98 Å². The average molecular weight is 395 g/mol. The van der Waals surface area contributed by atoms with E-state index < -0.39 is 0 Å². The molecule has 0 atom stereocenters. The molecule has 0 saturated carbocycles. The summed E-state index contributed by atoms with van der Waals surface area (Å²) < 4.78 is 0. The Labute approximate surface area is 167 Å². The van der Waals surface area contributed by atoms with Gasteiger partial charge in [-0.2, -0.15) is 0 Å². The van der Waals surface area contributed by atoms with Gasteiger partial charge in [0.25, 0.3) is 11.6 Å². The van der Waals surface area contributed by atoms with Crippen molar-refractivity contribution in [2.45, 2.75) is 27.2 Å². The molecule has 6 nitrogen and oxygen atoms in total. The molecule has 0 fully saturated rings. The number of rotatable bonds is 5. The van der Waals surface area contributed by atoms with Gasteiger partial charge >= 0.3 is 0 Å². The lowest BCUT2D eigenvalue weighted by Crippen LogP contribution is -2.17. The van der Waals surface area contributed by atoms with Gasteiger partial charge in [0.2, 0.25) is 0 Å². The number of nitrogens with one attached hydrogen (secondary N) is 1. The number of benzene rings is 2. The molecular formula is C21H21N3O3S. The van der Waals surface area contributed by atoms with E-state index >= 15 is 0 Å². The van der Waals surface area contributed by atoms with Crippen LogP contribution in [0.15, 0.2) is 36.4 Å². The van der Waals surface area contributed by atoms with Gasteiger partial charge in [-0.1, -0.05) is 29.8 Å². The van der Waals surface area contributed by atoms with Crippen molar-refractivity contribution in [1.82, 2.24) is 10.3 Å². The van der Waals surface area contributed by atoms with Crippen molar-refractivity contribution in [1.29, 1.82) is 0 Å². The van der Waals surface area contributed by atoms with Gasteiger partial charge in [0.05, 0.1) is 15.6 Å². The van der Waals surface area contributed by atoms with Crippen LogP contribution in [0.1, 0.15) is 36.9 Å². The van der Waals surface area contributed by atoms with E-state index in [9.17, 15) is 14.9 Å². The van der Waals surface area contributed by atoms with Gasteiger partial charge in [0.1, 0.15) is 4.88 Å². The predicted octanol–water partition coefficient (Wildman–Crippen LogP) is 4.59. The van der Waals surface area contributed by atoms with Crippen LogP contribution in [0.5, 0.6) is 0 Å². The standard InChI is InChI=1S/C21H21N3O3S/c1-12-5-7-15(8-6-12)19-20(21(25)22-4)28-18(23-19)11-16-9-14(3)17(24(26)27)10-13(16)2/h5-10H,11H2,1-4H3,(H,22,25). The normalized spacial score (nSPS) is 10.7. The molecule has 28 heavy (non-hydrogen) atoms. The van der Waals surface area contributed by atoms with Crippen molar-refractivity contribution >= 4 is 22.9 Å². The number of hydrogen-bond donors (Lipinski definition) is 1. The fourth-order valence-corrected chi connectivity index (χ4v) is 4.08. The van der Waals surface area contributed by atoms with Gasteiger partial charge in [-0.3, -0.25) is 14.9 Å². The van der Waals surface area contributed by atoms with Crippen molar-refractivity contribution in [3.63, 3.8) is 0 Å². The molecule has 0 aliphatic rings. The maximum atomic E-state index is 12.4. The molecule has 3 rings (SSSR count). The van der Waals surface area contributed by atoms with E-state index in [1.54, 1.807) is 20.0 Å². The molecule has 3 aromatic rings. The molecule has 0 unspecified atom stereocenters. The Morgan fingerprint density at radius 3 is 2.43 bits per heavy atom. The smallest absolute Gasteiger partial charge is 0.272 e.